The highest BCUT2D eigenvalue weighted by Crippen LogP contribution is 2.15. The lowest BCUT2D eigenvalue weighted by Crippen LogP contribution is -2.23. The predicted octanol–water partition coefficient (Wildman–Crippen LogP) is -0.236. The van der Waals surface area contributed by atoms with Gasteiger partial charge in [-0.2, -0.15) is 0 Å². The van der Waals surface area contributed by atoms with Gasteiger partial charge >= 0.3 is 0 Å². The van der Waals surface area contributed by atoms with E-state index in [1.54, 1.807) is 0 Å². The quantitative estimate of drug-likeness (QED) is 0.517. The van der Waals surface area contributed by atoms with Crippen LogP contribution in [-0.2, 0) is 4.79 Å². The molecule has 0 unspecified atom stereocenters. The second-order valence-electron chi connectivity index (χ2n) is 3.03. The van der Waals surface area contributed by atoms with Crippen LogP contribution in [0.4, 0.5) is 0 Å². The highest BCUT2D eigenvalue weighted by molar-refractivity contribution is 5.85. The maximum absolute atomic E-state index is 10.9. The van der Waals surface area contributed by atoms with E-state index in [1.807, 2.05) is 20.8 Å². The summed E-state index contributed by atoms with van der Waals surface area (Å²) in [7, 11) is 0. The third kappa shape index (κ3) is 2.86. The first kappa shape index (κ1) is 8.16. The first-order chi connectivity index (χ1) is 3.98. The first-order valence-electron chi connectivity index (χ1n) is 2.91. The Morgan fingerprint density at radius 1 is 1.56 bits per heavy atom. The molecule has 50 valence electrons. The molecule has 0 heterocycles. The summed E-state index contributed by atoms with van der Waals surface area (Å²) in [6.07, 6.45) is 0.142. The molecular formula is C7H12NO+. The molecule has 9 heavy (non-hydrogen) atoms. The summed E-state index contributed by atoms with van der Waals surface area (Å²) in [6.45, 7) is 5.52. The zero-order valence-corrected chi connectivity index (χ0v) is 6.12. The van der Waals surface area contributed by atoms with Crippen LogP contribution in [0.3, 0.4) is 0 Å². The van der Waals surface area contributed by atoms with Crippen LogP contribution in [0.5, 0.6) is 0 Å². The summed E-state index contributed by atoms with van der Waals surface area (Å²) >= 11 is 0. The molecule has 1 N–H and O–H groups in total. The van der Waals surface area contributed by atoms with Gasteiger partial charge in [0.05, 0.1) is 0 Å². The Bertz CT molecular complexity index is 147. The lowest BCUT2D eigenvalue weighted by atomic mass is 9.89. The van der Waals surface area contributed by atoms with Crippen molar-refractivity contribution in [1.82, 2.24) is 0 Å². The molecule has 2 nitrogen and oxygen atoms in total. The molecule has 2 heteroatoms. The Balaban J connectivity index is 3.93. The molecule has 0 bridgehead atoms. The number of carbonyl (C=O) groups is 1. The van der Waals surface area contributed by atoms with Crippen molar-refractivity contribution in [2.45, 2.75) is 27.2 Å². The van der Waals surface area contributed by atoms with E-state index < -0.39 is 0 Å². The van der Waals surface area contributed by atoms with Gasteiger partial charge in [0.2, 0.25) is 0 Å². The van der Waals surface area contributed by atoms with Crippen molar-refractivity contribution in [3.8, 4) is 6.07 Å². The van der Waals surface area contributed by atoms with Crippen molar-refractivity contribution in [2.75, 3.05) is 0 Å². The first-order valence-corrected chi connectivity index (χ1v) is 2.91. The van der Waals surface area contributed by atoms with Crippen molar-refractivity contribution >= 4 is 5.78 Å². The molecular weight excluding hydrogens is 114 g/mol. The molecule has 0 saturated carbocycles. The van der Waals surface area contributed by atoms with E-state index in [4.69, 9.17) is 5.26 Å². The fourth-order valence-corrected chi connectivity index (χ4v) is 0.345. The number of carbonyl (C=O) groups excluding carboxylic acids is 1. The van der Waals surface area contributed by atoms with E-state index in [-0.39, 0.29) is 17.6 Å². The van der Waals surface area contributed by atoms with E-state index >= 15 is 0 Å². The van der Waals surface area contributed by atoms with Crippen LogP contribution < -0.4 is 5.26 Å². The third-order valence-electron chi connectivity index (χ3n) is 1.09. The molecule has 0 rings (SSSR count). The largest absolute Gasteiger partial charge is 0.298 e. The summed E-state index contributed by atoms with van der Waals surface area (Å²) in [5.74, 6) is 0.0671. The van der Waals surface area contributed by atoms with Crippen LogP contribution in [0.15, 0.2) is 0 Å². The second kappa shape index (κ2) is 2.63. The maximum atomic E-state index is 10.9. The summed E-state index contributed by atoms with van der Waals surface area (Å²) in [6, 6.07) is 2.07. The van der Waals surface area contributed by atoms with Crippen LogP contribution >= 0.6 is 0 Å². The van der Waals surface area contributed by atoms with E-state index in [0.29, 0.717) is 0 Å². The van der Waals surface area contributed by atoms with Gasteiger partial charge in [0.15, 0.2) is 5.78 Å². The maximum Gasteiger partial charge on any atom is 0.278 e. The van der Waals surface area contributed by atoms with Crippen LogP contribution in [0.25, 0.3) is 0 Å². The van der Waals surface area contributed by atoms with Crippen molar-refractivity contribution < 1.29 is 10.1 Å². The van der Waals surface area contributed by atoms with Crippen molar-refractivity contribution in [3.05, 3.63) is 0 Å². The van der Waals surface area contributed by atoms with E-state index in [9.17, 15) is 4.79 Å². The summed E-state index contributed by atoms with van der Waals surface area (Å²) in [5.41, 5.74) is -0.311. The minimum Gasteiger partial charge on any atom is -0.298 e. The number of nitrogens with one attached hydrogen (secondary N) is 1. The van der Waals surface area contributed by atoms with Crippen LogP contribution in [0.2, 0.25) is 0 Å². The number of rotatable bonds is 1. The van der Waals surface area contributed by atoms with E-state index in [2.05, 4.69) is 6.07 Å². The average molecular weight is 126 g/mol. The summed E-state index contributed by atoms with van der Waals surface area (Å²) in [4.78, 5) is 10.9. The number of hydrogen-bond acceptors (Lipinski definition) is 1. The predicted molar refractivity (Wildman–Crippen MR) is 33.9 cm³/mol. The molecule has 0 fully saturated rings. The van der Waals surface area contributed by atoms with Crippen LogP contribution in [-0.4, -0.2) is 5.78 Å². The Kier molecular flexibility index (Phi) is 2.39. The van der Waals surface area contributed by atoms with Gasteiger partial charge in [-0.1, -0.05) is 20.8 Å². The Hall–Kier alpha value is -0.840. The molecule has 0 aliphatic heterocycles. The van der Waals surface area contributed by atoms with Crippen molar-refractivity contribution in [2.24, 2.45) is 5.41 Å². The average Bonchev–Trinajstić information content (AvgIpc) is 1.64. The monoisotopic (exact) mass is 126 g/mol. The Morgan fingerprint density at radius 2 is 2.00 bits per heavy atom. The molecule has 0 aliphatic carbocycles. The smallest absolute Gasteiger partial charge is 0.278 e. The number of ketones is 1. The van der Waals surface area contributed by atoms with Crippen molar-refractivity contribution in [3.63, 3.8) is 0 Å². The lowest BCUT2D eigenvalue weighted by molar-refractivity contribution is -0.127. The second-order valence-corrected chi connectivity index (χ2v) is 3.03. The van der Waals surface area contributed by atoms with Gasteiger partial charge in [0.25, 0.3) is 6.07 Å². The lowest BCUT2D eigenvalue weighted by Gasteiger charge is -2.12. The zero-order chi connectivity index (χ0) is 7.49. The normalized spacial score (nSPS) is 10.4. The molecule has 0 aromatic rings. The molecule has 0 aromatic heterocycles. The number of Topliss-reactive ketones (excluding diaryl/α,β-unsaturated/α-hetero) is 1. The standard InChI is InChI=1S/C7H11NO/c1-7(2,3)6(9)4-5-8/h4H2,1-3H3/p+1. The SMILES string of the molecule is CC(C)(C)C(=O)CC#[NH+]. The van der Waals surface area contributed by atoms with Gasteiger partial charge in [0.1, 0.15) is 6.42 Å². The van der Waals surface area contributed by atoms with Crippen molar-refractivity contribution in [1.29, 1.82) is 0 Å². The van der Waals surface area contributed by atoms with Gasteiger partial charge in [-0.05, 0) is 0 Å². The molecule has 0 spiro atoms. The van der Waals surface area contributed by atoms with Gasteiger partial charge in [-0.15, -0.1) is 5.26 Å². The van der Waals surface area contributed by atoms with E-state index in [0.717, 1.165) is 0 Å². The minimum absolute atomic E-state index is 0.0671. The molecule has 0 aromatic carbocycles. The van der Waals surface area contributed by atoms with Crippen LogP contribution in [0, 0.1) is 11.5 Å². The van der Waals surface area contributed by atoms with Gasteiger partial charge in [-0.3, -0.25) is 4.79 Å². The summed E-state index contributed by atoms with van der Waals surface area (Å²) < 4.78 is 0. The fourth-order valence-electron chi connectivity index (χ4n) is 0.345. The Labute approximate surface area is 55.5 Å². The van der Waals surface area contributed by atoms with Gasteiger partial charge < -0.3 is 0 Å². The summed E-state index contributed by atoms with van der Waals surface area (Å²) in [5, 5.41) is 6.54. The minimum atomic E-state index is -0.311. The molecule has 0 amide bonds. The molecule has 0 saturated heterocycles. The van der Waals surface area contributed by atoms with Gasteiger partial charge in [0, 0.05) is 5.41 Å². The van der Waals surface area contributed by atoms with Crippen LogP contribution in [0.1, 0.15) is 27.2 Å². The highest BCUT2D eigenvalue weighted by Gasteiger charge is 2.21. The Morgan fingerprint density at radius 3 is 2.11 bits per heavy atom. The fraction of sp³-hybridized carbons (Fsp3) is 0.714. The molecule has 0 radical (unpaired) electrons. The zero-order valence-electron chi connectivity index (χ0n) is 6.12. The highest BCUT2D eigenvalue weighted by atomic mass is 16.1. The number of hydrogen-bond donors (Lipinski definition) is 1. The third-order valence-corrected chi connectivity index (χ3v) is 1.09. The molecule has 0 aliphatic rings. The molecule has 0 atom stereocenters. The topological polar surface area (TPSA) is 40.9 Å². The van der Waals surface area contributed by atoms with Gasteiger partial charge in [-0.25, -0.2) is 0 Å². The van der Waals surface area contributed by atoms with E-state index in [1.165, 1.54) is 0 Å².